The lowest BCUT2D eigenvalue weighted by Gasteiger charge is -2.34. The van der Waals surface area contributed by atoms with Crippen molar-refractivity contribution in [1.82, 2.24) is 9.88 Å². The molecule has 1 aliphatic rings. The van der Waals surface area contributed by atoms with Crippen LogP contribution in [0.15, 0.2) is 52.9 Å². The summed E-state index contributed by atoms with van der Waals surface area (Å²) in [4.78, 5) is 31.0. The van der Waals surface area contributed by atoms with Crippen LogP contribution in [0, 0.1) is 21.4 Å². The number of benzene rings is 2. The van der Waals surface area contributed by atoms with E-state index < -0.39 is 4.92 Å². The van der Waals surface area contributed by atoms with Crippen LogP contribution in [0.3, 0.4) is 0 Å². The van der Waals surface area contributed by atoms with Gasteiger partial charge in [-0.3, -0.25) is 14.9 Å². The molecule has 0 aliphatic carbocycles. The zero-order valence-corrected chi connectivity index (χ0v) is 18.4. The standard InChI is InChI=1S/C24H21N5O5/c1-33-20-4-2-3-18(15-20)23(30)27-11-13-28(14-12-27)24-21(16-25)26-22(34-24)10-7-17-5-8-19(9-6-17)29(31)32/h2-10,15H,11-14H2,1H3/b10-7+. The van der Waals surface area contributed by atoms with Gasteiger partial charge in [0.1, 0.15) is 11.8 Å². The van der Waals surface area contributed by atoms with Crippen molar-refractivity contribution in [2.24, 2.45) is 0 Å². The van der Waals surface area contributed by atoms with Gasteiger partial charge in [-0.15, -0.1) is 0 Å². The Morgan fingerprint density at radius 3 is 2.56 bits per heavy atom. The number of hydrogen-bond donors (Lipinski definition) is 0. The molecular formula is C24H21N5O5. The fourth-order valence-electron chi connectivity index (χ4n) is 3.61. The number of amides is 1. The molecule has 1 aromatic heterocycles. The van der Waals surface area contributed by atoms with E-state index >= 15 is 0 Å². The predicted molar refractivity (Wildman–Crippen MR) is 124 cm³/mol. The molecule has 2 aromatic carbocycles. The first-order valence-corrected chi connectivity index (χ1v) is 10.5. The summed E-state index contributed by atoms with van der Waals surface area (Å²) in [5.41, 5.74) is 1.46. The van der Waals surface area contributed by atoms with Crippen molar-refractivity contribution in [3.8, 4) is 11.8 Å². The van der Waals surface area contributed by atoms with E-state index in [2.05, 4.69) is 11.1 Å². The molecule has 0 bridgehead atoms. The molecule has 10 heteroatoms. The van der Waals surface area contributed by atoms with Gasteiger partial charge in [0.15, 0.2) is 0 Å². The number of oxazole rings is 1. The molecule has 1 aliphatic heterocycles. The summed E-state index contributed by atoms with van der Waals surface area (Å²) in [7, 11) is 1.56. The highest BCUT2D eigenvalue weighted by molar-refractivity contribution is 5.94. The molecule has 0 radical (unpaired) electrons. The van der Waals surface area contributed by atoms with Crippen LogP contribution in [0.5, 0.6) is 5.75 Å². The number of hydrogen-bond acceptors (Lipinski definition) is 8. The second-order valence-electron chi connectivity index (χ2n) is 7.51. The Labute approximate surface area is 195 Å². The topological polar surface area (TPSA) is 126 Å². The van der Waals surface area contributed by atoms with Crippen LogP contribution >= 0.6 is 0 Å². The SMILES string of the molecule is COc1cccc(C(=O)N2CCN(c3oc(/C=C/c4ccc([N+](=O)[O-])cc4)nc3C#N)CC2)c1. The van der Waals surface area contributed by atoms with Gasteiger partial charge in [-0.25, -0.2) is 0 Å². The van der Waals surface area contributed by atoms with Crippen molar-refractivity contribution in [2.75, 3.05) is 38.2 Å². The summed E-state index contributed by atoms with van der Waals surface area (Å²) in [6, 6.07) is 15.1. The summed E-state index contributed by atoms with van der Waals surface area (Å²) in [6.07, 6.45) is 3.30. The zero-order valence-electron chi connectivity index (χ0n) is 18.4. The molecule has 4 rings (SSSR count). The molecule has 0 unspecified atom stereocenters. The molecule has 10 nitrogen and oxygen atoms in total. The largest absolute Gasteiger partial charge is 0.497 e. The number of carbonyl (C=O) groups is 1. The lowest BCUT2D eigenvalue weighted by atomic mass is 10.1. The van der Waals surface area contributed by atoms with Gasteiger partial charge in [-0.2, -0.15) is 10.2 Å². The summed E-state index contributed by atoms with van der Waals surface area (Å²) in [6.45, 7) is 1.92. The van der Waals surface area contributed by atoms with Crippen LogP contribution in [-0.4, -0.2) is 54.0 Å². The number of piperazine rings is 1. The number of rotatable bonds is 6. The van der Waals surface area contributed by atoms with E-state index in [-0.39, 0.29) is 23.2 Å². The van der Waals surface area contributed by atoms with E-state index in [1.807, 2.05) is 4.90 Å². The third-order valence-electron chi connectivity index (χ3n) is 5.42. The van der Waals surface area contributed by atoms with Gasteiger partial charge < -0.3 is 19.0 Å². The van der Waals surface area contributed by atoms with E-state index in [9.17, 15) is 20.2 Å². The van der Waals surface area contributed by atoms with E-state index in [4.69, 9.17) is 9.15 Å². The maximum Gasteiger partial charge on any atom is 0.269 e. The van der Waals surface area contributed by atoms with Gasteiger partial charge in [0.25, 0.3) is 11.6 Å². The van der Waals surface area contributed by atoms with Gasteiger partial charge in [0, 0.05) is 50.0 Å². The van der Waals surface area contributed by atoms with Gasteiger partial charge in [0.05, 0.1) is 12.0 Å². The highest BCUT2D eigenvalue weighted by Gasteiger charge is 2.26. The quantitative estimate of drug-likeness (QED) is 0.404. The summed E-state index contributed by atoms with van der Waals surface area (Å²) < 4.78 is 11.0. The average molecular weight is 459 g/mol. The normalized spacial score (nSPS) is 13.6. The number of non-ortho nitro benzene ring substituents is 1. The number of nitro groups is 1. The second kappa shape index (κ2) is 9.87. The number of carbonyl (C=O) groups excluding carboxylic acids is 1. The first kappa shape index (κ1) is 22.5. The van der Waals surface area contributed by atoms with Crippen LogP contribution in [0.2, 0.25) is 0 Å². The monoisotopic (exact) mass is 459 g/mol. The summed E-state index contributed by atoms with van der Waals surface area (Å²) in [5.74, 6) is 1.15. The van der Waals surface area contributed by atoms with Gasteiger partial charge >= 0.3 is 0 Å². The molecular weight excluding hydrogens is 438 g/mol. The Balaban J connectivity index is 1.42. The number of nitrogens with zero attached hydrogens (tertiary/aromatic N) is 5. The molecule has 172 valence electrons. The Kier molecular flexibility index (Phi) is 6.54. The maximum absolute atomic E-state index is 12.8. The molecule has 2 heterocycles. The number of nitro benzene ring substituents is 1. The van der Waals surface area contributed by atoms with Crippen molar-refractivity contribution in [1.29, 1.82) is 5.26 Å². The minimum absolute atomic E-state index is 0.00588. The van der Waals surface area contributed by atoms with E-state index in [0.29, 0.717) is 43.4 Å². The summed E-state index contributed by atoms with van der Waals surface area (Å²) in [5, 5.41) is 20.3. The van der Waals surface area contributed by atoms with Crippen LogP contribution in [0.4, 0.5) is 11.6 Å². The molecule has 0 atom stereocenters. The van der Waals surface area contributed by atoms with Gasteiger partial charge in [-0.05, 0) is 42.0 Å². The number of ether oxygens (including phenoxy) is 1. The lowest BCUT2D eigenvalue weighted by molar-refractivity contribution is -0.384. The van der Waals surface area contributed by atoms with Crippen LogP contribution in [0.1, 0.15) is 27.5 Å². The fourth-order valence-corrected chi connectivity index (χ4v) is 3.61. The Morgan fingerprint density at radius 2 is 1.91 bits per heavy atom. The van der Waals surface area contributed by atoms with Crippen molar-refractivity contribution in [3.05, 3.63) is 81.4 Å². The molecule has 1 amide bonds. The Bertz CT molecular complexity index is 1270. The number of methoxy groups -OCH3 is 1. The fraction of sp³-hybridized carbons (Fsp3) is 0.208. The number of anilines is 1. The zero-order chi connectivity index (χ0) is 24.1. The second-order valence-corrected chi connectivity index (χ2v) is 7.51. The van der Waals surface area contributed by atoms with E-state index in [0.717, 1.165) is 5.56 Å². The molecule has 0 N–H and O–H groups in total. The molecule has 0 spiro atoms. The third kappa shape index (κ3) is 4.88. The minimum Gasteiger partial charge on any atom is -0.497 e. The van der Waals surface area contributed by atoms with E-state index in [1.54, 1.807) is 60.6 Å². The van der Waals surface area contributed by atoms with Crippen LogP contribution < -0.4 is 9.64 Å². The van der Waals surface area contributed by atoms with Crippen LogP contribution in [-0.2, 0) is 0 Å². The van der Waals surface area contributed by atoms with E-state index in [1.165, 1.54) is 12.1 Å². The van der Waals surface area contributed by atoms with Crippen LogP contribution in [0.25, 0.3) is 12.2 Å². The highest BCUT2D eigenvalue weighted by atomic mass is 16.6. The lowest BCUT2D eigenvalue weighted by Crippen LogP contribution is -2.48. The molecule has 0 saturated carbocycles. The number of nitriles is 1. The van der Waals surface area contributed by atoms with Crippen molar-refractivity contribution in [2.45, 2.75) is 0 Å². The maximum atomic E-state index is 12.8. The Hall–Kier alpha value is -4.65. The summed E-state index contributed by atoms with van der Waals surface area (Å²) >= 11 is 0. The molecule has 34 heavy (non-hydrogen) atoms. The molecule has 1 fully saturated rings. The van der Waals surface area contributed by atoms with Crippen molar-refractivity contribution >= 4 is 29.6 Å². The average Bonchev–Trinajstić information content (AvgIpc) is 3.30. The third-order valence-corrected chi connectivity index (χ3v) is 5.42. The molecule has 1 saturated heterocycles. The predicted octanol–water partition coefficient (Wildman–Crippen LogP) is 3.60. The first-order chi connectivity index (χ1) is 16.5. The van der Waals surface area contributed by atoms with Gasteiger partial charge in [0.2, 0.25) is 17.5 Å². The van der Waals surface area contributed by atoms with Gasteiger partial charge in [-0.1, -0.05) is 6.07 Å². The molecule has 3 aromatic rings. The Morgan fingerprint density at radius 1 is 1.18 bits per heavy atom. The number of aromatic nitrogens is 1. The minimum atomic E-state index is -0.461. The van der Waals surface area contributed by atoms with Crippen molar-refractivity contribution < 1.29 is 18.9 Å². The smallest absolute Gasteiger partial charge is 0.269 e. The highest BCUT2D eigenvalue weighted by Crippen LogP contribution is 2.25. The van der Waals surface area contributed by atoms with Crippen molar-refractivity contribution in [3.63, 3.8) is 0 Å². The first-order valence-electron chi connectivity index (χ1n) is 10.5.